The maximum Gasteiger partial charge on any atom is 0.327 e. The second kappa shape index (κ2) is 5.37. The molecule has 5 heteroatoms. The van der Waals surface area contributed by atoms with Gasteiger partial charge in [-0.3, -0.25) is 4.31 Å². The molecule has 0 bridgehead atoms. The first-order valence-electron chi connectivity index (χ1n) is 3.07. The zero-order chi connectivity index (χ0) is 7.98. The molecule has 0 rings (SSSR count). The molecule has 0 heterocycles. The van der Waals surface area contributed by atoms with Gasteiger partial charge in [-0.1, -0.05) is 12.8 Å². The Morgan fingerprint density at radius 3 is 2.80 bits per heavy atom. The molecule has 0 aliphatic heterocycles. The Bertz CT molecular complexity index is 110. The van der Waals surface area contributed by atoms with Gasteiger partial charge in [0.25, 0.3) is 0 Å². The molecule has 0 saturated carbocycles. The van der Waals surface area contributed by atoms with Crippen LogP contribution in [0.15, 0.2) is 0 Å². The number of nitrogens with zero attached hydrogens (tertiary/aromatic N) is 1. The van der Waals surface area contributed by atoms with Crippen LogP contribution in [0.25, 0.3) is 0 Å². The van der Waals surface area contributed by atoms with Crippen molar-refractivity contribution in [2.75, 3.05) is 19.7 Å². The van der Waals surface area contributed by atoms with Gasteiger partial charge in [-0.2, -0.15) is 0 Å². The van der Waals surface area contributed by atoms with E-state index in [1.165, 1.54) is 0 Å². The number of hydrogen-bond acceptors (Lipinski definition) is 3. The highest BCUT2D eigenvalue weighted by molar-refractivity contribution is 7.78. The lowest BCUT2D eigenvalue weighted by molar-refractivity contribution is 0.214. The standard InChI is InChI=1S/C5H12N2O2S/c1-2-6-5(9)7(10)3-4-8/h8,10H,2-4H2,1H3,(H,6,9). The van der Waals surface area contributed by atoms with Crippen LogP contribution in [0.2, 0.25) is 0 Å². The van der Waals surface area contributed by atoms with E-state index >= 15 is 0 Å². The first-order valence-corrected chi connectivity index (χ1v) is 3.47. The van der Waals surface area contributed by atoms with Crippen LogP contribution in [0.4, 0.5) is 4.79 Å². The lowest BCUT2D eigenvalue weighted by Crippen LogP contribution is -2.35. The number of thiol groups is 1. The van der Waals surface area contributed by atoms with Crippen LogP contribution in [-0.4, -0.2) is 35.1 Å². The molecule has 2 N–H and O–H groups in total. The van der Waals surface area contributed by atoms with Gasteiger partial charge in [-0.05, 0) is 6.92 Å². The van der Waals surface area contributed by atoms with Crippen molar-refractivity contribution >= 4 is 18.8 Å². The molecule has 0 aromatic carbocycles. The van der Waals surface area contributed by atoms with Crippen molar-refractivity contribution in [1.82, 2.24) is 9.62 Å². The van der Waals surface area contributed by atoms with E-state index in [9.17, 15) is 4.79 Å². The lowest BCUT2D eigenvalue weighted by atomic mass is 10.6. The fourth-order valence-corrected chi connectivity index (χ4v) is 0.599. The minimum Gasteiger partial charge on any atom is -0.394 e. The molecule has 0 spiro atoms. The quantitative estimate of drug-likeness (QED) is 0.508. The average molecular weight is 164 g/mol. The molecular formula is C5H12N2O2S. The summed E-state index contributed by atoms with van der Waals surface area (Å²) in [4.78, 5) is 10.8. The minimum absolute atomic E-state index is 0.0688. The van der Waals surface area contributed by atoms with E-state index in [0.29, 0.717) is 6.54 Å². The van der Waals surface area contributed by atoms with E-state index in [1.54, 1.807) is 0 Å². The zero-order valence-electron chi connectivity index (χ0n) is 5.87. The molecular weight excluding hydrogens is 152 g/mol. The van der Waals surface area contributed by atoms with E-state index in [1.807, 2.05) is 6.92 Å². The van der Waals surface area contributed by atoms with Crippen LogP contribution in [0.1, 0.15) is 6.92 Å². The van der Waals surface area contributed by atoms with Gasteiger partial charge >= 0.3 is 6.03 Å². The van der Waals surface area contributed by atoms with E-state index < -0.39 is 0 Å². The van der Waals surface area contributed by atoms with E-state index in [4.69, 9.17) is 5.11 Å². The van der Waals surface area contributed by atoms with Gasteiger partial charge < -0.3 is 10.4 Å². The first-order chi connectivity index (χ1) is 4.72. The first kappa shape index (κ1) is 9.58. The van der Waals surface area contributed by atoms with Crippen LogP contribution in [-0.2, 0) is 0 Å². The number of nitrogens with one attached hydrogen (secondary N) is 1. The van der Waals surface area contributed by atoms with Gasteiger partial charge in [0, 0.05) is 6.54 Å². The topological polar surface area (TPSA) is 52.6 Å². The largest absolute Gasteiger partial charge is 0.394 e. The smallest absolute Gasteiger partial charge is 0.327 e. The summed E-state index contributed by atoms with van der Waals surface area (Å²) < 4.78 is 1.13. The fourth-order valence-electron chi connectivity index (χ4n) is 0.439. The third-order valence-electron chi connectivity index (χ3n) is 0.874. The molecule has 0 unspecified atom stereocenters. The van der Waals surface area contributed by atoms with E-state index in [-0.39, 0.29) is 19.2 Å². The number of carbonyl (C=O) groups excluding carboxylic acids is 1. The summed E-state index contributed by atoms with van der Waals surface area (Å²) in [5, 5.41) is 10.9. The van der Waals surface area contributed by atoms with Crippen molar-refractivity contribution in [1.29, 1.82) is 0 Å². The highest BCUT2D eigenvalue weighted by Gasteiger charge is 2.04. The summed E-state index contributed by atoms with van der Waals surface area (Å²) in [6.07, 6.45) is 0. The van der Waals surface area contributed by atoms with Crippen molar-refractivity contribution in [2.24, 2.45) is 0 Å². The Balaban J connectivity index is 3.49. The SMILES string of the molecule is CCNC(=O)N(S)CCO. The maximum atomic E-state index is 10.8. The second-order valence-electron chi connectivity index (χ2n) is 1.68. The maximum absolute atomic E-state index is 10.8. The molecule has 0 aromatic heterocycles. The van der Waals surface area contributed by atoms with Crippen LogP contribution in [0, 0.1) is 0 Å². The number of urea groups is 1. The number of rotatable bonds is 3. The van der Waals surface area contributed by atoms with Crippen LogP contribution in [0.5, 0.6) is 0 Å². The van der Waals surface area contributed by atoms with Crippen molar-refractivity contribution in [2.45, 2.75) is 6.92 Å². The van der Waals surface area contributed by atoms with Crippen molar-refractivity contribution in [3.05, 3.63) is 0 Å². The van der Waals surface area contributed by atoms with Gasteiger partial charge in [-0.15, -0.1) is 0 Å². The van der Waals surface area contributed by atoms with Crippen molar-refractivity contribution < 1.29 is 9.90 Å². The molecule has 0 radical (unpaired) electrons. The highest BCUT2D eigenvalue weighted by atomic mass is 32.1. The normalized spacial score (nSPS) is 9.10. The Morgan fingerprint density at radius 2 is 2.40 bits per heavy atom. The lowest BCUT2D eigenvalue weighted by Gasteiger charge is -2.13. The zero-order valence-corrected chi connectivity index (χ0v) is 6.77. The van der Waals surface area contributed by atoms with Crippen LogP contribution < -0.4 is 5.32 Å². The summed E-state index contributed by atoms with van der Waals surface area (Å²) >= 11 is 3.80. The number of amides is 2. The monoisotopic (exact) mass is 164 g/mol. The molecule has 0 aromatic rings. The van der Waals surface area contributed by atoms with Gasteiger partial charge in [0.2, 0.25) is 0 Å². The molecule has 4 nitrogen and oxygen atoms in total. The summed E-state index contributed by atoms with van der Waals surface area (Å²) in [6, 6.07) is -0.278. The molecule has 2 amide bonds. The Kier molecular flexibility index (Phi) is 5.15. The number of carbonyl (C=O) groups is 1. The second-order valence-corrected chi connectivity index (χ2v) is 2.17. The molecule has 0 fully saturated rings. The molecule has 0 atom stereocenters. The Labute approximate surface area is 65.8 Å². The minimum atomic E-state index is -0.278. The molecule has 10 heavy (non-hydrogen) atoms. The predicted molar refractivity (Wildman–Crippen MR) is 41.9 cm³/mol. The van der Waals surface area contributed by atoms with Gasteiger partial charge in [-0.25, -0.2) is 4.79 Å². The van der Waals surface area contributed by atoms with E-state index in [2.05, 4.69) is 18.1 Å². The van der Waals surface area contributed by atoms with Crippen LogP contribution in [0.3, 0.4) is 0 Å². The number of hydrogen-bond donors (Lipinski definition) is 3. The van der Waals surface area contributed by atoms with Crippen molar-refractivity contribution in [3.63, 3.8) is 0 Å². The fraction of sp³-hybridized carbons (Fsp3) is 0.800. The molecule has 60 valence electrons. The van der Waals surface area contributed by atoms with Gasteiger partial charge in [0.1, 0.15) is 0 Å². The highest BCUT2D eigenvalue weighted by Crippen LogP contribution is 1.91. The van der Waals surface area contributed by atoms with Gasteiger partial charge in [0.15, 0.2) is 0 Å². The summed E-state index contributed by atoms with van der Waals surface area (Å²) in [7, 11) is 0. The number of aliphatic hydroxyl groups is 1. The van der Waals surface area contributed by atoms with Crippen LogP contribution >= 0.6 is 12.8 Å². The average Bonchev–Trinajstić information content (AvgIpc) is 1.89. The molecule has 0 aliphatic carbocycles. The van der Waals surface area contributed by atoms with E-state index in [0.717, 1.165) is 4.31 Å². The predicted octanol–water partition coefficient (Wildman–Crippen LogP) is -0.145. The summed E-state index contributed by atoms with van der Waals surface area (Å²) in [5.41, 5.74) is 0. The third kappa shape index (κ3) is 3.58. The number of aliphatic hydroxyl groups excluding tert-OH is 1. The van der Waals surface area contributed by atoms with Gasteiger partial charge in [0.05, 0.1) is 13.2 Å². The molecule has 0 aliphatic rings. The molecule has 0 saturated heterocycles. The third-order valence-corrected chi connectivity index (χ3v) is 1.26. The summed E-state index contributed by atoms with van der Waals surface area (Å²) in [5.74, 6) is 0. The summed E-state index contributed by atoms with van der Waals surface area (Å²) in [6.45, 7) is 2.56. The van der Waals surface area contributed by atoms with Crippen molar-refractivity contribution in [3.8, 4) is 0 Å². The Morgan fingerprint density at radius 1 is 1.80 bits per heavy atom. The Hall–Kier alpha value is -0.420.